The smallest absolute Gasteiger partial charge is 0.0490 e. The summed E-state index contributed by atoms with van der Waals surface area (Å²) in [5.74, 6) is 2.04. The number of unbranched alkanes of at least 4 members (excludes halogenated alkanes) is 1. The minimum absolute atomic E-state index is 0.266. The van der Waals surface area contributed by atoms with Gasteiger partial charge in [-0.2, -0.15) is 0 Å². The monoisotopic (exact) mass is 171 g/mol. The van der Waals surface area contributed by atoms with Gasteiger partial charge in [0.05, 0.1) is 0 Å². The Kier molecular flexibility index (Phi) is 7.58. The number of aliphatic hydroxyl groups excluding tert-OH is 1. The van der Waals surface area contributed by atoms with Crippen LogP contribution in [0.3, 0.4) is 0 Å². The zero-order valence-corrected chi connectivity index (χ0v) is 8.77. The molecule has 0 aliphatic carbocycles. The maximum absolute atomic E-state index is 8.87. The third-order valence-corrected chi connectivity index (χ3v) is 2.45. The van der Waals surface area contributed by atoms with Gasteiger partial charge in [-0.3, -0.25) is 0 Å². The van der Waals surface area contributed by atoms with E-state index in [0.29, 0.717) is 0 Å². The van der Waals surface area contributed by atoms with E-state index in [1.54, 1.807) is 0 Å². The molecule has 1 radical (unpaired) electrons. The number of aliphatic hydroxyl groups is 1. The van der Waals surface area contributed by atoms with Crippen LogP contribution in [-0.4, -0.2) is 11.7 Å². The second kappa shape index (κ2) is 7.60. The lowest BCUT2D eigenvalue weighted by molar-refractivity contribution is 0.287. The van der Waals surface area contributed by atoms with Crippen LogP contribution in [0.2, 0.25) is 0 Å². The van der Waals surface area contributed by atoms with Crippen molar-refractivity contribution < 1.29 is 5.11 Å². The molecule has 73 valence electrons. The van der Waals surface area contributed by atoms with Crippen LogP contribution in [0.1, 0.15) is 52.9 Å². The van der Waals surface area contributed by atoms with Crippen LogP contribution in [0.4, 0.5) is 0 Å². The fraction of sp³-hybridized carbons (Fsp3) is 0.909. The molecule has 0 rings (SSSR count). The predicted molar refractivity (Wildman–Crippen MR) is 53.9 cm³/mol. The molecule has 1 N–H and O–H groups in total. The first-order valence-corrected chi connectivity index (χ1v) is 5.16. The van der Waals surface area contributed by atoms with Crippen LogP contribution in [0.15, 0.2) is 0 Å². The van der Waals surface area contributed by atoms with Gasteiger partial charge in [-0.25, -0.2) is 0 Å². The fourth-order valence-electron chi connectivity index (χ4n) is 1.50. The van der Waals surface area contributed by atoms with Gasteiger partial charge in [0.2, 0.25) is 0 Å². The topological polar surface area (TPSA) is 20.2 Å². The molecular weight excluding hydrogens is 148 g/mol. The van der Waals surface area contributed by atoms with E-state index >= 15 is 0 Å². The van der Waals surface area contributed by atoms with Crippen molar-refractivity contribution in [2.24, 2.45) is 5.92 Å². The van der Waals surface area contributed by atoms with Gasteiger partial charge in [0, 0.05) is 6.61 Å². The largest absolute Gasteiger partial charge is 0.396 e. The zero-order valence-electron chi connectivity index (χ0n) is 8.77. The molecule has 0 saturated carbocycles. The quantitative estimate of drug-likeness (QED) is 0.623. The van der Waals surface area contributed by atoms with E-state index in [0.717, 1.165) is 12.3 Å². The molecule has 0 bridgehead atoms. The highest BCUT2D eigenvalue weighted by Crippen LogP contribution is 2.21. The van der Waals surface area contributed by atoms with Crippen molar-refractivity contribution in [3.8, 4) is 0 Å². The lowest BCUT2D eigenvalue weighted by Crippen LogP contribution is -2.07. The summed E-state index contributed by atoms with van der Waals surface area (Å²) in [5.41, 5.74) is 0. The van der Waals surface area contributed by atoms with Crippen LogP contribution in [-0.2, 0) is 0 Å². The molecule has 0 fully saturated rings. The third-order valence-electron chi connectivity index (χ3n) is 2.45. The second-order valence-electron chi connectivity index (χ2n) is 3.74. The third kappa shape index (κ3) is 5.59. The minimum Gasteiger partial charge on any atom is -0.396 e. The molecule has 1 unspecified atom stereocenters. The van der Waals surface area contributed by atoms with Crippen molar-refractivity contribution in [2.75, 3.05) is 6.61 Å². The first-order chi connectivity index (χ1) is 5.74. The minimum atomic E-state index is 0.266. The Labute approximate surface area is 77.2 Å². The average Bonchev–Trinajstić information content (AvgIpc) is 2.11. The summed E-state index contributed by atoms with van der Waals surface area (Å²) in [7, 11) is 0. The highest BCUT2D eigenvalue weighted by Gasteiger charge is 2.10. The summed E-state index contributed by atoms with van der Waals surface area (Å²) < 4.78 is 0. The maximum atomic E-state index is 8.87. The van der Waals surface area contributed by atoms with Gasteiger partial charge in [-0.15, -0.1) is 0 Å². The van der Waals surface area contributed by atoms with E-state index in [1.165, 1.54) is 31.6 Å². The van der Waals surface area contributed by atoms with Gasteiger partial charge >= 0.3 is 0 Å². The second-order valence-corrected chi connectivity index (χ2v) is 3.74. The first-order valence-electron chi connectivity index (χ1n) is 5.16. The predicted octanol–water partition coefficient (Wildman–Crippen LogP) is 3.18. The molecule has 0 heterocycles. The molecule has 1 atom stereocenters. The van der Waals surface area contributed by atoms with Gasteiger partial charge in [-0.1, -0.05) is 46.5 Å². The highest BCUT2D eigenvalue weighted by atomic mass is 16.3. The van der Waals surface area contributed by atoms with Crippen LogP contribution in [0.5, 0.6) is 0 Å². The lowest BCUT2D eigenvalue weighted by Gasteiger charge is -2.17. The molecule has 0 saturated heterocycles. The van der Waals surface area contributed by atoms with Crippen molar-refractivity contribution in [1.29, 1.82) is 0 Å². The Balaban J connectivity index is 3.51. The van der Waals surface area contributed by atoms with Crippen LogP contribution < -0.4 is 0 Å². The van der Waals surface area contributed by atoms with E-state index in [4.69, 9.17) is 5.11 Å². The highest BCUT2D eigenvalue weighted by molar-refractivity contribution is 4.85. The fourth-order valence-corrected chi connectivity index (χ4v) is 1.50. The van der Waals surface area contributed by atoms with Crippen molar-refractivity contribution >= 4 is 0 Å². The van der Waals surface area contributed by atoms with E-state index in [1.807, 2.05) is 0 Å². The molecule has 0 aromatic rings. The van der Waals surface area contributed by atoms with Crippen molar-refractivity contribution in [2.45, 2.75) is 52.9 Å². The zero-order chi connectivity index (χ0) is 9.40. The van der Waals surface area contributed by atoms with Gasteiger partial charge in [-0.05, 0) is 18.3 Å². The van der Waals surface area contributed by atoms with E-state index in [2.05, 4.69) is 20.8 Å². The van der Waals surface area contributed by atoms with Gasteiger partial charge in [0.1, 0.15) is 0 Å². The summed E-state index contributed by atoms with van der Waals surface area (Å²) >= 11 is 0. The Morgan fingerprint density at radius 2 is 2.00 bits per heavy atom. The Bertz CT molecular complexity index is 91.0. The average molecular weight is 171 g/mol. The number of rotatable bonds is 7. The number of hydrogen-bond acceptors (Lipinski definition) is 1. The van der Waals surface area contributed by atoms with Gasteiger partial charge in [0.15, 0.2) is 0 Å². The lowest BCUT2D eigenvalue weighted by atomic mass is 9.90. The summed E-state index contributed by atoms with van der Waals surface area (Å²) in [5, 5.41) is 8.87. The van der Waals surface area contributed by atoms with Crippen molar-refractivity contribution in [3.63, 3.8) is 0 Å². The Morgan fingerprint density at radius 3 is 2.42 bits per heavy atom. The number of hydrogen-bond donors (Lipinski definition) is 1. The Hall–Kier alpha value is -0.0400. The molecular formula is C11H23O. The summed E-state index contributed by atoms with van der Waals surface area (Å²) in [6.07, 6.45) is 6.31. The summed E-state index contributed by atoms with van der Waals surface area (Å²) in [4.78, 5) is 0. The molecule has 12 heavy (non-hydrogen) atoms. The molecule has 1 nitrogen and oxygen atoms in total. The van der Waals surface area contributed by atoms with Crippen molar-refractivity contribution in [1.82, 2.24) is 0 Å². The molecule has 0 aliphatic heterocycles. The first kappa shape index (κ1) is 12.0. The van der Waals surface area contributed by atoms with Gasteiger partial charge < -0.3 is 5.11 Å². The molecule has 0 aliphatic rings. The molecule has 0 aromatic heterocycles. The van der Waals surface area contributed by atoms with Crippen LogP contribution >= 0.6 is 0 Å². The molecule has 0 amide bonds. The van der Waals surface area contributed by atoms with E-state index in [9.17, 15) is 0 Å². The van der Waals surface area contributed by atoms with E-state index in [-0.39, 0.29) is 6.61 Å². The van der Waals surface area contributed by atoms with Crippen molar-refractivity contribution in [3.05, 3.63) is 5.92 Å². The van der Waals surface area contributed by atoms with E-state index < -0.39 is 0 Å². The standard InChI is InChI=1S/C11H23O/c1-4-6-7-11(5-2)8-10(3)9-12/h11-12H,4-9H2,1-3H3. The molecule has 0 spiro atoms. The Morgan fingerprint density at radius 1 is 1.33 bits per heavy atom. The molecule has 0 aromatic carbocycles. The van der Waals surface area contributed by atoms with Gasteiger partial charge in [0.25, 0.3) is 0 Å². The summed E-state index contributed by atoms with van der Waals surface area (Å²) in [6.45, 7) is 6.79. The molecule has 1 heteroatoms. The maximum Gasteiger partial charge on any atom is 0.0490 e. The summed E-state index contributed by atoms with van der Waals surface area (Å²) in [6, 6.07) is 0. The van der Waals surface area contributed by atoms with Crippen LogP contribution in [0, 0.1) is 11.8 Å². The van der Waals surface area contributed by atoms with Crippen LogP contribution in [0.25, 0.3) is 0 Å². The normalized spacial score (nSPS) is 13.8. The SMILES string of the molecule is CCCCC(CC)C[C](C)CO.